The van der Waals surface area contributed by atoms with Crippen LogP contribution < -0.4 is 0 Å². The molecule has 0 aliphatic rings. The van der Waals surface area contributed by atoms with E-state index in [1.165, 1.54) is 42.5 Å². The van der Waals surface area contributed by atoms with Gasteiger partial charge in [-0.2, -0.15) is 5.26 Å². The summed E-state index contributed by atoms with van der Waals surface area (Å²) in [6.45, 7) is 0. The Balaban J connectivity index is 2.47. The van der Waals surface area contributed by atoms with Gasteiger partial charge in [0.1, 0.15) is 16.7 Å². The number of sulfone groups is 1. The summed E-state index contributed by atoms with van der Waals surface area (Å²) in [5.74, 6) is 0.0708. The summed E-state index contributed by atoms with van der Waals surface area (Å²) in [5.41, 5.74) is 0.519. The number of nitrogens with zero attached hydrogens (tertiary/aromatic N) is 1. The molecule has 2 rings (SSSR count). The van der Waals surface area contributed by atoms with E-state index in [1.807, 2.05) is 0 Å². The lowest BCUT2D eigenvalue weighted by atomic mass is 10.2. The zero-order chi connectivity index (χ0) is 15.5. The standard InChI is InChI=1S/C15H10BrNO3S/c16-12-3-7-14(8-4-12)21(19,20)15(10-17)9-11-1-5-13(18)6-2-11/h1-9,18H/b15-9+. The third kappa shape index (κ3) is 3.51. The van der Waals surface area contributed by atoms with Crippen molar-refractivity contribution in [3.05, 3.63) is 63.5 Å². The summed E-state index contributed by atoms with van der Waals surface area (Å²) >= 11 is 3.23. The van der Waals surface area contributed by atoms with Gasteiger partial charge in [-0.3, -0.25) is 0 Å². The first-order valence-electron chi connectivity index (χ1n) is 5.85. The van der Waals surface area contributed by atoms with Crippen molar-refractivity contribution in [3.8, 4) is 11.8 Å². The minimum atomic E-state index is -3.86. The third-order valence-electron chi connectivity index (χ3n) is 2.71. The molecule has 4 nitrogen and oxygen atoms in total. The minimum absolute atomic E-state index is 0.0530. The molecule has 2 aromatic carbocycles. The van der Waals surface area contributed by atoms with Crippen LogP contribution in [0.2, 0.25) is 0 Å². The monoisotopic (exact) mass is 363 g/mol. The Kier molecular flexibility index (Phi) is 4.46. The number of phenols is 1. The zero-order valence-electron chi connectivity index (χ0n) is 10.7. The van der Waals surface area contributed by atoms with E-state index in [1.54, 1.807) is 18.2 Å². The molecule has 0 unspecified atom stereocenters. The number of aromatic hydroxyl groups is 1. The lowest BCUT2D eigenvalue weighted by Gasteiger charge is -2.03. The molecular formula is C15H10BrNO3S. The van der Waals surface area contributed by atoms with Gasteiger partial charge in [0.05, 0.1) is 4.90 Å². The van der Waals surface area contributed by atoms with Gasteiger partial charge in [-0.15, -0.1) is 0 Å². The second-order valence-corrected chi connectivity index (χ2v) is 7.00. The summed E-state index contributed by atoms with van der Waals surface area (Å²) in [4.78, 5) is -0.298. The van der Waals surface area contributed by atoms with E-state index in [9.17, 15) is 13.5 Å². The van der Waals surface area contributed by atoms with Crippen LogP contribution in [0.4, 0.5) is 0 Å². The summed E-state index contributed by atoms with van der Waals surface area (Å²) in [6, 6.07) is 13.7. The molecule has 0 radical (unpaired) electrons. The van der Waals surface area contributed by atoms with Gasteiger partial charge >= 0.3 is 0 Å². The van der Waals surface area contributed by atoms with Crippen LogP contribution in [0.1, 0.15) is 5.56 Å². The van der Waals surface area contributed by atoms with Gasteiger partial charge in [0.2, 0.25) is 9.84 Å². The Hall–Kier alpha value is -2.10. The topological polar surface area (TPSA) is 78.2 Å². The molecule has 1 N–H and O–H groups in total. The van der Waals surface area contributed by atoms with Gasteiger partial charge in [-0.05, 0) is 48.0 Å². The Morgan fingerprint density at radius 1 is 1.10 bits per heavy atom. The highest BCUT2D eigenvalue weighted by Crippen LogP contribution is 2.23. The fraction of sp³-hybridized carbons (Fsp3) is 0. The van der Waals surface area contributed by atoms with E-state index in [0.717, 1.165) is 4.47 Å². The molecule has 6 heteroatoms. The molecule has 2 aromatic rings. The van der Waals surface area contributed by atoms with Crippen LogP contribution in [0.25, 0.3) is 6.08 Å². The summed E-state index contributed by atoms with van der Waals surface area (Å²) in [5, 5.41) is 18.3. The second kappa shape index (κ2) is 6.12. The van der Waals surface area contributed by atoms with Gasteiger partial charge < -0.3 is 5.11 Å². The molecule has 0 aliphatic carbocycles. The summed E-state index contributed by atoms with van der Waals surface area (Å²) < 4.78 is 25.5. The van der Waals surface area contributed by atoms with Crippen molar-refractivity contribution in [2.75, 3.05) is 0 Å². The predicted molar refractivity (Wildman–Crippen MR) is 83.0 cm³/mol. The fourth-order valence-electron chi connectivity index (χ4n) is 1.63. The lowest BCUT2D eigenvalue weighted by Crippen LogP contribution is -2.03. The van der Waals surface area contributed by atoms with Crippen molar-refractivity contribution in [2.45, 2.75) is 4.90 Å². The van der Waals surface area contributed by atoms with Crippen LogP contribution in [0, 0.1) is 11.3 Å². The van der Waals surface area contributed by atoms with Gasteiger partial charge in [-0.1, -0.05) is 28.1 Å². The Bertz CT molecular complexity index is 817. The van der Waals surface area contributed by atoms with Crippen LogP contribution in [-0.2, 0) is 9.84 Å². The summed E-state index contributed by atoms with van der Waals surface area (Å²) in [6.07, 6.45) is 1.27. The molecule has 0 atom stereocenters. The highest BCUT2D eigenvalue weighted by atomic mass is 79.9. The third-order valence-corrected chi connectivity index (χ3v) is 4.92. The number of nitriles is 1. The van der Waals surface area contributed by atoms with Crippen LogP contribution >= 0.6 is 15.9 Å². The Morgan fingerprint density at radius 2 is 1.67 bits per heavy atom. The van der Waals surface area contributed by atoms with Crippen LogP contribution in [0.5, 0.6) is 5.75 Å². The Labute approximate surface area is 131 Å². The quantitative estimate of drug-likeness (QED) is 0.846. The molecule has 0 amide bonds. The maximum atomic E-state index is 12.4. The zero-order valence-corrected chi connectivity index (χ0v) is 13.1. The molecule has 0 fully saturated rings. The normalized spacial score (nSPS) is 11.9. The van der Waals surface area contributed by atoms with E-state index in [4.69, 9.17) is 5.26 Å². The number of halogens is 1. The number of hydrogen-bond donors (Lipinski definition) is 1. The Morgan fingerprint density at radius 3 is 2.19 bits per heavy atom. The molecule has 0 aromatic heterocycles. The number of hydrogen-bond acceptors (Lipinski definition) is 4. The predicted octanol–water partition coefficient (Wildman–Crippen LogP) is 3.49. The number of benzene rings is 2. The molecule has 0 aliphatic heterocycles. The van der Waals surface area contributed by atoms with Gasteiger partial charge in [-0.25, -0.2) is 8.42 Å². The molecule has 0 bridgehead atoms. The van der Waals surface area contributed by atoms with E-state index < -0.39 is 9.84 Å². The largest absolute Gasteiger partial charge is 0.508 e. The molecule has 0 saturated heterocycles. The average molecular weight is 364 g/mol. The van der Waals surface area contributed by atoms with Crippen molar-refractivity contribution in [3.63, 3.8) is 0 Å². The van der Waals surface area contributed by atoms with Gasteiger partial charge in [0, 0.05) is 4.47 Å². The average Bonchev–Trinajstić information content (AvgIpc) is 2.47. The van der Waals surface area contributed by atoms with Crippen molar-refractivity contribution >= 4 is 31.8 Å². The minimum Gasteiger partial charge on any atom is -0.508 e. The van der Waals surface area contributed by atoms with E-state index in [-0.39, 0.29) is 15.6 Å². The molecular weight excluding hydrogens is 354 g/mol. The first-order chi connectivity index (χ1) is 9.93. The maximum absolute atomic E-state index is 12.4. The molecule has 106 valence electrons. The van der Waals surface area contributed by atoms with E-state index >= 15 is 0 Å². The molecule has 0 heterocycles. The molecule has 21 heavy (non-hydrogen) atoms. The smallest absolute Gasteiger partial charge is 0.216 e. The van der Waals surface area contributed by atoms with Crippen molar-refractivity contribution in [1.82, 2.24) is 0 Å². The molecule has 0 spiro atoms. The fourth-order valence-corrected chi connectivity index (χ4v) is 3.06. The second-order valence-electron chi connectivity index (χ2n) is 4.17. The summed E-state index contributed by atoms with van der Waals surface area (Å²) in [7, 11) is -3.86. The van der Waals surface area contributed by atoms with Crippen LogP contribution in [0.15, 0.2) is 62.8 Å². The molecule has 0 saturated carbocycles. The van der Waals surface area contributed by atoms with Crippen LogP contribution in [0.3, 0.4) is 0 Å². The van der Waals surface area contributed by atoms with E-state index in [0.29, 0.717) is 5.56 Å². The van der Waals surface area contributed by atoms with Crippen LogP contribution in [-0.4, -0.2) is 13.5 Å². The first-order valence-corrected chi connectivity index (χ1v) is 8.12. The highest BCUT2D eigenvalue weighted by molar-refractivity contribution is 9.10. The maximum Gasteiger partial charge on any atom is 0.216 e. The van der Waals surface area contributed by atoms with Crippen molar-refractivity contribution in [1.29, 1.82) is 5.26 Å². The first kappa shape index (κ1) is 15.3. The van der Waals surface area contributed by atoms with Crippen molar-refractivity contribution in [2.24, 2.45) is 0 Å². The van der Waals surface area contributed by atoms with Gasteiger partial charge in [0.15, 0.2) is 0 Å². The number of rotatable bonds is 3. The van der Waals surface area contributed by atoms with Crippen molar-refractivity contribution < 1.29 is 13.5 Å². The SMILES string of the molecule is N#C/C(=C\c1ccc(O)cc1)S(=O)(=O)c1ccc(Br)cc1. The lowest BCUT2D eigenvalue weighted by molar-refractivity contribution is 0.475. The number of phenolic OH excluding ortho intramolecular Hbond substituents is 1. The number of allylic oxidation sites excluding steroid dienone is 1. The van der Waals surface area contributed by atoms with Gasteiger partial charge in [0.25, 0.3) is 0 Å². The van der Waals surface area contributed by atoms with E-state index in [2.05, 4.69) is 15.9 Å². The highest BCUT2D eigenvalue weighted by Gasteiger charge is 2.20.